The summed E-state index contributed by atoms with van der Waals surface area (Å²) in [5, 5.41) is 1.20. The van der Waals surface area contributed by atoms with Gasteiger partial charge >= 0.3 is 11.0 Å². The maximum atomic E-state index is 13.8. The van der Waals surface area contributed by atoms with Gasteiger partial charge < -0.3 is 4.90 Å². The standard InChI is InChI=1S/C26H22F3N3O4S3/c27-26(28,29)14-7-2-3-8-15(14)32-22(34)19-18(16-9-6-12-37-16)21-24(38-20(19)23(32)35)31(25(36)39-21)13-17(33)30-10-4-1-5-11-30/h2-3,6-9,12,18-20H,1,4-5,10-11,13H2. The normalized spacial score (nSPS) is 23.2. The van der Waals surface area contributed by atoms with Gasteiger partial charge in [-0.25, -0.2) is 4.90 Å². The SMILES string of the molecule is O=C(Cn1c2c(sc1=O)C(c1cccs1)C1C(=O)N(c3ccccc3C(F)(F)F)C(=O)C1S2)N1CCCCC1. The van der Waals surface area contributed by atoms with Crippen LogP contribution in [0.15, 0.2) is 51.6 Å². The fourth-order valence-corrected chi connectivity index (χ4v) is 9.28. The molecule has 0 N–H and O–H groups in total. The van der Waals surface area contributed by atoms with E-state index in [1.54, 1.807) is 17.0 Å². The Morgan fingerprint density at radius 1 is 0.974 bits per heavy atom. The van der Waals surface area contributed by atoms with E-state index in [0.29, 0.717) is 27.9 Å². The van der Waals surface area contributed by atoms with Crippen LogP contribution in [0.2, 0.25) is 0 Å². The number of thiazole rings is 1. The monoisotopic (exact) mass is 593 g/mol. The average molecular weight is 594 g/mol. The minimum absolute atomic E-state index is 0.186. The van der Waals surface area contributed by atoms with Crippen LogP contribution in [-0.4, -0.2) is 45.5 Å². The van der Waals surface area contributed by atoms with Gasteiger partial charge in [0.05, 0.1) is 22.2 Å². The van der Waals surface area contributed by atoms with Crippen molar-refractivity contribution in [2.45, 2.75) is 48.2 Å². The van der Waals surface area contributed by atoms with Crippen LogP contribution < -0.4 is 9.77 Å². The highest BCUT2D eigenvalue weighted by Crippen LogP contribution is 2.55. The second-order valence-electron chi connectivity index (χ2n) is 9.65. The van der Waals surface area contributed by atoms with Gasteiger partial charge in [-0.2, -0.15) is 13.2 Å². The number of carbonyl (C=O) groups is 3. The minimum Gasteiger partial charge on any atom is -0.341 e. The van der Waals surface area contributed by atoms with Crippen LogP contribution in [0, 0.1) is 5.92 Å². The lowest BCUT2D eigenvalue weighted by atomic mass is 9.87. The molecule has 5 heterocycles. The van der Waals surface area contributed by atoms with E-state index in [4.69, 9.17) is 0 Å². The smallest absolute Gasteiger partial charge is 0.341 e. The molecular formula is C26H22F3N3O4S3. The van der Waals surface area contributed by atoms with E-state index in [-0.39, 0.29) is 17.3 Å². The number of benzene rings is 1. The van der Waals surface area contributed by atoms with E-state index in [2.05, 4.69) is 0 Å². The number of piperidine rings is 1. The van der Waals surface area contributed by atoms with Crippen molar-refractivity contribution in [2.24, 2.45) is 5.92 Å². The molecule has 3 aliphatic heterocycles. The zero-order valence-electron chi connectivity index (χ0n) is 20.3. The number of aromatic nitrogens is 1. The molecule has 2 saturated heterocycles. The molecule has 2 aromatic heterocycles. The first-order valence-electron chi connectivity index (χ1n) is 12.4. The van der Waals surface area contributed by atoms with Crippen molar-refractivity contribution >= 4 is 57.8 Å². The fraction of sp³-hybridized carbons (Fsp3) is 0.385. The maximum absolute atomic E-state index is 13.8. The highest BCUT2D eigenvalue weighted by atomic mass is 32.2. The Kier molecular flexibility index (Phi) is 6.71. The third kappa shape index (κ3) is 4.44. The van der Waals surface area contributed by atoms with Crippen LogP contribution in [-0.2, 0) is 27.1 Å². The molecule has 0 aliphatic carbocycles. The summed E-state index contributed by atoms with van der Waals surface area (Å²) in [7, 11) is 0. The van der Waals surface area contributed by atoms with Crippen LogP contribution in [0.3, 0.4) is 0 Å². The number of imide groups is 1. The number of halogens is 3. The Balaban J connectivity index is 1.43. The zero-order chi connectivity index (χ0) is 27.5. The van der Waals surface area contributed by atoms with Crippen molar-refractivity contribution < 1.29 is 27.6 Å². The first-order chi connectivity index (χ1) is 18.7. The molecule has 6 rings (SSSR count). The van der Waals surface area contributed by atoms with Gasteiger partial charge in [0, 0.05) is 28.8 Å². The van der Waals surface area contributed by atoms with E-state index in [0.717, 1.165) is 59.4 Å². The van der Waals surface area contributed by atoms with Gasteiger partial charge in [0.2, 0.25) is 17.7 Å². The Morgan fingerprint density at radius 3 is 2.41 bits per heavy atom. The number of alkyl halides is 3. The number of thioether (sulfide) groups is 1. The number of carbonyl (C=O) groups excluding carboxylic acids is 3. The van der Waals surface area contributed by atoms with Crippen molar-refractivity contribution in [1.82, 2.24) is 9.47 Å². The van der Waals surface area contributed by atoms with Gasteiger partial charge in [0.1, 0.15) is 11.8 Å². The van der Waals surface area contributed by atoms with Gasteiger partial charge in [-0.05, 0) is 42.8 Å². The third-order valence-corrected chi connectivity index (χ3v) is 10.9. The summed E-state index contributed by atoms with van der Waals surface area (Å²) in [4.78, 5) is 57.0. The second-order valence-corrected chi connectivity index (χ2v) is 12.8. The molecule has 3 unspecified atom stereocenters. The van der Waals surface area contributed by atoms with E-state index >= 15 is 0 Å². The largest absolute Gasteiger partial charge is 0.418 e. The fourth-order valence-electron chi connectivity index (χ4n) is 5.55. The number of para-hydroxylation sites is 1. The molecule has 0 radical (unpaired) electrons. The van der Waals surface area contributed by atoms with Crippen molar-refractivity contribution in [3.8, 4) is 0 Å². The van der Waals surface area contributed by atoms with Crippen LogP contribution in [0.1, 0.15) is 40.5 Å². The van der Waals surface area contributed by atoms with E-state index in [1.807, 2.05) is 5.38 Å². The van der Waals surface area contributed by atoms with E-state index in [9.17, 15) is 32.3 Å². The third-order valence-electron chi connectivity index (χ3n) is 7.35. The van der Waals surface area contributed by atoms with Crippen molar-refractivity contribution in [3.63, 3.8) is 0 Å². The molecule has 3 amide bonds. The zero-order valence-corrected chi connectivity index (χ0v) is 22.8. The molecule has 2 fully saturated rings. The lowest BCUT2D eigenvalue weighted by Crippen LogP contribution is -2.39. The molecule has 204 valence electrons. The number of fused-ring (bicyclic) bond motifs is 2. The number of thiophene rings is 1. The summed E-state index contributed by atoms with van der Waals surface area (Å²) in [6, 6.07) is 8.13. The first-order valence-corrected chi connectivity index (χ1v) is 15.0. The van der Waals surface area contributed by atoms with Crippen LogP contribution >= 0.6 is 34.4 Å². The summed E-state index contributed by atoms with van der Waals surface area (Å²) >= 11 is 3.28. The summed E-state index contributed by atoms with van der Waals surface area (Å²) in [5.41, 5.74) is -1.57. The Morgan fingerprint density at radius 2 is 1.72 bits per heavy atom. The number of anilines is 1. The average Bonchev–Trinajstić information content (AvgIpc) is 3.61. The molecule has 0 spiro atoms. The Labute approximate surface area is 233 Å². The molecule has 3 aromatic rings. The van der Waals surface area contributed by atoms with Gasteiger partial charge in [0.25, 0.3) is 0 Å². The topological polar surface area (TPSA) is 79.7 Å². The summed E-state index contributed by atoms with van der Waals surface area (Å²) in [6.07, 6.45) is -1.93. The van der Waals surface area contributed by atoms with E-state index in [1.165, 1.54) is 28.0 Å². The number of hydrogen-bond acceptors (Lipinski definition) is 7. The van der Waals surface area contributed by atoms with Gasteiger partial charge in [0.15, 0.2) is 0 Å². The number of nitrogens with zero attached hydrogens (tertiary/aromatic N) is 3. The Hall–Kier alpha value is -2.90. The summed E-state index contributed by atoms with van der Waals surface area (Å²) < 4.78 is 42.9. The highest BCUT2D eigenvalue weighted by Gasteiger charge is 2.58. The molecule has 13 heteroatoms. The van der Waals surface area contributed by atoms with Crippen LogP contribution in [0.5, 0.6) is 0 Å². The number of hydrogen-bond donors (Lipinski definition) is 0. The molecule has 3 atom stereocenters. The predicted octanol–water partition coefficient (Wildman–Crippen LogP) is 4.80. The van der Waals surface area contributed by atoms with Crippen molar-refractivity contribution in [1.29, 1.82) is 0 Å². The lowest BCUT2D eigenvalue weighted by Gasteiger charge is -2.30. The van der Waals surface area contributed by atoms with Crippen molar-refractivity contribution in [2.75, 3.05) is 18.0 Å². The number of rotatable bonds is 4. The summed E-state index contributed by atoms with van der Waals surface area (Å²) in [5.74, 6) is -3.35. The lowest BCUT2D eigenvalue weighted by molar-refractivity contribution is -0.137. The Bertz CT molecular complexity index is 1510. The van der Waals surface area contributed by atoms with Gasteiger partial charge in [-0.3, -0.25) is 23.7 Å². The molecule has 3 aliphatic rings. The number of amides is 3. The van der Waals surface area contributed by atoms with E-state index < -0.39 is 46.3 Å². The highest BCUT2D eigenvalue weighted by molar-refractivity contribution is 8.00. The predicted molar refractivity (Wildman–Crippen MR) is 142 cm³/mol. The van der Waals surface area contributed by atoms with Crippen LogP contribution in [0.25, 0.3) is 0 Å². The molecule has 7 nitrogen and oxygen atoms in total. The van der Waals surface area contributed by atoms with Gasteiger partial charge in [-0.15, -0.1) is 11.3 Å². The molecular weight excluding hydrogens is 571 g/mol. The van der Waals surface area contributed by atoms with Crippen molar-refractivity contribution in [3.05, 3.63) is 66.8 Å². The number of likely N-dealkylation sites (tertiary alicyclic amines) is 1. The minimum atomic E-state index is -4.76. The maximum Gasteiger partial charge on any atom is 0.418 e. The molecule has 0 saturated carbocycles. The first kappa shape index (κ1) is 26.3. The molecule has 1 aromatic carbocycles. The second kappa shape index (κ2) is 9.93. The van der Waals surface area contributed by atoms with Gasteiger partial charge in [-0.1, -0.05) is 41.3 Å². The summed E-state index contributed by atoms with van der Waals surface area (Å²) in [6.45, 7) is 1.06. The molecule has 0 bridgehead atoms. The molecule has 39 heavy (non-hydrogen) atoms. The van der Waals surface area contributed by atoms with Crippen LogP contribution in [0.4, 0.5) is 18.9 Å². The quantitative estimate of drug-likeness (QED) is 0.407.